The number of amides is 1. The molecule has 0 saturated carbocycles. The van der Waals surface area contributed by atoms with Gasteiger partial charge in [-0.3, -0.25) is 4.79 Å². The molecule has 2 rings (SSSR count). The first-order valence-electron chi connectivity index (χ1n) is 6.46. The van der Waals surface area contributed by atoms with Crippen LogP contribution in [-0.4, -0.2) is 29.1 Å². The number of carbonyl (C=O) groups is 1. The first-order chi connectivity index (χ1) is 9.09. The van der Waals surface area contributed by atoms with Crippen LogP contribution < -0.4 is 0 Å². The Labute approximate surface area is 128 Å². The molecular formula is C14H17Cl2NOS. The van der Waals surface area contributed by atoms with E-state index >= 15 is 0 Å². The van der Waals surface area contributed by atoms with Crippen LogP contribution in [0, 0.1) is 0 Å². The van der Waals surface area contributed by atoms with Crippen molar-refractivity contribution in [2.24, 2.45) is 0 Å². The fourth-order valence-electron chi connectivity index (χ4n) is 2.31. The Hall–Kier alpha value is -0.380. The number of likely N-dealkylation sites (tertiary alicyclic amines) is 1. The normalized spacial score (nSPS) is 19.5. The van der Waals surface area contributed by atoms with Crippen molar-refractivity contribution in [3.05, 3.63) is 28.2 Å². The molecule has 1 aliphatic rings. The molecule has 0 N–H and O–H groups in total. The number of carbonyl (C=O) groups excluding carboxylic acids is 1. The molecule has 19 heavy (non-hydrogen) atoms. The molecule has 1 aliphatic heterocycles. The van der Waals surface area contributed by atoms with Gasteiger partial charge in [0.15, 0.2) is 0 Å². The summed E-state index contributed by atoms with van der Waals surface area (Å²) in [7, 11) is 0. The Morgan fingerprint density at radius 3 is 2.68 bits per heavy atom. The van der Waals surface area contributed by atoms with Crippen molar-refractivity contribution < 1.29 is 4.79 Å². The van der Waals surface area contributed by atoms with E-state index < -0.39 is 0 Å². The highest BCUT2D eigenvalue weighted by Gasteiger charge is 2.23. The van der Waals surface area contributed by atoms with Crippen molar-refractivity contribution in [2.75, 3.05) is 12.3 Å². The van der Waals surface area contributed by atoms with Gasteiger partial charge in [0.1, 0.15) is 0 Å². The summed E-state index contributed by atoms with van der Waals surface area (Å²) in [4.78, 5) is 15.0. The van der Waals surface area contributed by atoms with Crippen LogP contribution in [0.1, 0.15) is 26.2 Å². The third-order valence-corrected chi connectivity index (χ3v) is 5.36. The van der Waals surface area contributed by atoms with Crippen LogP contribution >= 0.6 is 35.0 Å². The Morgan fingerprint density at radius 2 is 2.05 bits per heavy atom. The first-order valence-corrected chi connectivity index (χ1v) is 8.20. The second-order valence-electron chi connectivity index (χ2n) is 4.77. The third-order valence-electron chi connectivity index (χ3n) is 3.38. The molecular weight excluding hydrogens is 301 g/mol. The van der Waals surface area contributed by atoms with Crippen molar-refractivity contribution in [3.8, 4) is 0 Å². The first kappa shape index (κ1) is 15.0. The quantitative estimate of drug-likeness (QED) is 0.766. The fourth-order valence-corrected chi connectivity index (χ4v) is 3.88. The van der Waals surface area contributed by atoms with Crippen LogP contribution in [0.3, 0.4) is 0 Å². The van der Waals surface area contributed by atoms with E-state index in [1.165, 1.54) is 18.2 Å². The number of rotatable bonds is 3. The molecule has 1 saturated heterocycles. The molecule has 0 aromatic heterocycles. The largest absolute Gasteiger partial charge is 0.339 e. The lowest BCUT2D eigenvalue weighted by Crippen LogP contribution is -2.42. The van der Waals surface area contributed by atoms with Gasteiger partial charge in [0, 0.05) is 17.5 Å². The number of halogens is 2. The van der Waals surface area contributed by atoms with Gasteiger partial charge in [-0.2, -0.15) is 0 Å². The minimum atomic E-state index is 0.174. The minimum Gasteiger partial charge on any atom is -0.339 e. The summed E-state index contributed by atoms with van der Waals surface area (Å²) in [5.41, 5.74) is 0. The summed E-state index contributed by atoms with van der Waals surface area (Å²) in [6.45, 7) is 2.99. The van der Waals surface area contributed by atoms with E-state index in [-0.39, 0.29) is 5.91 Å². The fraction of sp³-hybridized carbons (Fsp3) is 0.500. The topological polar surface area (TPSA) is 20.3 Å². The van der Waals surface area contributed by atoms with Gasteiger partial charge in [-0.15, -0.1) is 11.8 Å². The zero-order valence-electron chi connectivity index (χ0n) is 10.9. The van der Waals surface area contributed by atoms with Crippen LogP contribution in [0.15, 0.2) is 23.1 Å². The summed E-state index contributed by atoms with van der Waals surface area (Å²) in [5, 5.41) is 1.22. The zero-order chi connectivity index (χ0) is 13.8. The molecule has 104 valence electrons. The number of benzene rings is 1. The van der Waals surface area contributed by atoms with Gasteiger partial charge in [0.25, 0.3) is 0 Å². The van der Waals surface area contributed by atoms with Crippen molar-refractivity contribution in [3.63, 3.8) is 0 Å². The summed E-state index contributed by atoms with van der Waals surface area (Å²) in [6, 6.07) is 5.75. The highest BCUT2D eigenvalue weighted by molar-refractivity contribution is 8.00. The third kappa shape index (κ3) is 3.80. The van der Waals surface area contributed by atoms with Gasteiger partial charge in [-0.1, -0.05) is 29.3 Å². The highest BCUT2D eigenvalue weighted by atomic mass is 35.5. The van der Waals surface area contributed by atoms with E-state index in [4.69, 9.17) is 23.2 Å². The van der Waals surface area contributed by atoms with Crippen molar-refractivity contribution in [2.45, 2.75) is 37.1 Å². The predicted molar refractivity (Wildman–Crippen MR) is 82.2 cm³/mol. The summed E-state index contributed by atoms with van der Waals surface area (Å²) in [5.74, 6) is 0.571. The Kier molecular flexibility index (Phi) is 5.43. The smallest absolute Gasteiger partial charge is 0.233 e. The maximum Gasteiger partial charge on any atom is 0.233 e. The average Bonchev–Trinajstić information content (AvgIpc) is 2.38. The van der Waals surface area contributed by atoms with Gasteiger partial charge in [-0.05, 0) is 38.3 Å². The Balaban J connectivity index is 1.96. The highest BCUT2D eigenvalue weighted by Crippen LogP contribution is 2.34. The van der Waals surface area contributed by atoms with Crippen LogP contribution in [-0.2, 0) is 4.79 Å². The maximum absolute atomic E-state index is 12.2. The number of hydrogen-bond donors (Lipinski definition) is 0. The van der Waals surface area contributed by atoms with E-state index in [0.717, 1.165) is 24.3 Å². The second-order valence-corrected chi connectivity index (χ2v) is 6.57. The van der Waals surface area contributed by atoms with E-state index in [0.29, 0.717) is 21.8 Å². The molecule has 1 atom stereocenters. The van der Waals surface area contributed by atoms with Crippen LogP contribution in [0.2, 0.25) is 10.0 Å². The molecule has 0 spiro atoms. The van der Waals surface area contributed by atoms with Crippen molar-refractivity contribution in [1.82, 2.24) is 4.90 Å². The van der Waals surface area contributed by atoms with E-state index in [1.807, 2.05) is 11.0 Å². The number of nitrogens with zero attached hydrogens (tertiary/aromatic N) is 1. The molecule has 0 radical (unpaired) electrons. The summed E-state index contributed by atoms with van der Waals surface area (Å²) in [6.07, 6.45) is 3.42. The van der Waals surface area contributed by atoms with Gasteiger partial charge >= 0.3 is 0 Å². The summed E-state index contributed by atoms with van der Waals surface area (Å²) < 4.78 is 0. The van der Waals surface area contributed by atoms with E-state index in [9.17, 15) is 4.79 Å². The van der Waals surface area contributed by atoms with Crippen LogP contribution in [0.5, 0.6) is 0 Å². The number of thioether (sulfide) groups is 1. The zero-order valence-corrected chi connectivity index (χ0v) is 13.2. The lowest BCUT2D eigenvalue weighted by molar-refractivity contribution is -0.131. The van der Waals surface area contributed by atoms with Gasteiger partial charge in [0.05, 0.1) is 15.8 Å². The SMILES string of the molecule is CC1CCCCN1C(=O)CSc1c(Cl)cccc1Cl. The monoisotopic (exact) mass is 317 g/mol. The summed E-state index contributed by atoms with van der Waals surface area (Å²) >= 11 is 13.6. The standard InChI is InChI=1S/C14H17Cl2NOS/c1-10-5-2-3-8-17(10)13(18)9-19-14-11(15)6-4-7-12(14)16/h4,6-7,10H,2-3,5,8-9H2,1H3. The molecule has 1 heterocycles. The minimum absolute atomic E-state index is 0.174. The van der Waals surface area contributed by atoms with Gasteiger partial charge < -0.3 is 4.90 Å². The van der Waals surface area contributed by atoms with Gasteiger partial charge in [0.2, 0.25) is 5.91 Å². The molecule has 0 bridgehead atoms. The van der Waals surface area contributed by atoms with Crippen molar-refractivity contribution >= 4 is 40.9 Å². The van der Waals surface area contributed by atoms with E-state index in [2.05, 4.69) is 6.92 Å². The Morgan fingerprint density at radius 1 is 1.37 bits per heavy atom. The van der Waals surface area contributed by atoms with E-state index in [1.54, 1.807) is 12.1 Å². The van der Waals surface area contributed by atoms with Crippen LogP contribution in [0.4, 0.5) is 0 Å². The number of hydrogen-bond acceptors (Lipinski definition) is 2. The molecule has 5 heteroatoms. The molecule has 0 aliphatic carbocycles. The second kappa shape index (κ2) is 6.87. The molecule has 1 aromatic rings. The number of piperidine rings is 1. The maximum atomic E-state index is 12.2. The molecule has 1 amide bonds. The van der Waals surface area contributed by atoms with Gasteiger partial charge in [-0.25, -0.2) is 0 Å². The average molecular weight is 318 g/mol. The molecule has 2 nitrogen and oxygen atoms in total. The Bertz CT molecular complexity index is 447. The molecule has 1 fully saturated rings. The van der Waals surface area contributed by atoms with Crippen molar-refractivity contribution in [1.29, 1.82) is 0 Å². The lowest BCUT2D eigenvalue weighted by atomic mass is 10.0. The molecule has 1 aromatic carbocycles. The predicted octanol–water partition coefficient (Wildman–Crippen LogP) is 4.49. The van der Waals surface area contributed by atoms with Crippen LogP contribution in [0.25, 0.3) is 0 Å². The molecule has 1 unspecified atom stereocenters. The lowest BCUT2D eigenvalue weighted by Gasteiger charge is -2.33.